The molecule has 0 aliphatic carbocycles. The van der Waals surface area contributed by atoms with E-state index in [1.165, 1.54) is 0 Å². The summed E-state index contributed by atoms with van der Waals surface area (Å²) in [5, 5.41) is 8.44. The van der Waals surface area contributed by atoms with Crippen LogP contribution in [-0.2, 0) is 62.4 Å². The standard InChI is InChI=1S/C69H123N9O15/c1-10-13-16-25-34-67(4,5)58(79)88-52-55(49-73-43-44-73)91-61(82)70-37-28-19-22-31-40-76-64(85)77(41-32-23-20-29-38-71-62(83)92-56(50-74-45-46-74)53-89-59(80)68(6,7)35-26-17-14-11-2)66(87)78(65(76)86)42-33-24-21-30-39-72-63(84)93-57(51-75-47-48-75)54-90-60(81)69(8,9)36-27-18-15-12-3/h55-57H,10-54H2,1-9H3,(H,70,82)(H,71,83)(H,72,84). The maximum Gasteiger partial charge on any atom is 0.407 e. The van der Waals surface area contributed by atoms with Crippen LogP contribution in [0, 0.1) is 16.2 Å². The van der Waals surface area contributed by atoms with Gasteiger partial charge in [0.1, 0.15) is 19.8 Å². The Labute approximate surface area is 555 Å². The van der Waals surface area contributed by atoms with Crippen LogP contribution in [0.25, 0.3) is 0 Å². The Hall–Kier alpha value is -5.49. The number of nitrogens with zero attached hydrogens (tertiary/aromatic N) is 6. The van der Waals surface area contributed by atoms with Gasteiger partial charge in [-0.25, -0.2) is 42.5 Å². The minimum atomic E-state index is -0.666. The molecule has 24 heteroatoms. The molecule has 3 aliphatic rings. The molecule has 3 saturated heterocycles. The second kappa shape index (κ2) is 43.6. The summed E-state index contributed by atoms with van der Waals surface area (Å²) in [6.45, 7) is 25.8. The van der Waals surface area contributed by atoms with Gasteiger partial charge in [-0.1, -0.05) is 136 Å². The Balaban J connectivity index is 1.27. The predicted molar refractivity (Wildman–Crippen MR) is 359 cm³/mol. The third-order valence-electron chi connectivity index (χ3n) is 17.8. The van der Waals surface area contributed by atoms with Gasteiger partial charge in [0.15, 0.2) is 18.3 Å². The van der Waals surface area contributed by atoms with Gasteiger partial charge in [-0.15, -0.1) is 0 Å². The molecule has 24 nitrogen and oxygen atoms in total. The van der Waals surface area contributed by atoms with Crippen LogP contribution in [0.1, 0.15) is 236 Å². The van der Waals surface area contributed by atoms with E-state index in [4.69, 9.17) is 28.4 Å². The largest absolute Gasteiger partial charge is 0.461 e. The summed E-state index contributed by atoms with van der Waals surface area (Å²) in [5.74, 6) is -0.899. The molecule has 3 amide bonds. The van der Waals surface area contributed by atoms with Gasteiger partial charge in [0.25, 0.3) is 0 Å². The molecular formula is C69H123N9O15. The van der Waals surface area contributed by atoms with Crippen molar-refractivity contribution < 1.29 is 57.2 Å². The van der Waals surface area contributed by atoms with Gasteiger partial charge in [0, 0.05) is 98.2 Å². The summed E-state index contributed by atoms with van der Waals surface area (Å²) in [4.78, 5) is 126. The third-order valence-corrected chi connectivity index (χ3v) is 17.8. The number of amides is 3. The molecule has 1 aromatic rings. The number of aromatic nitrogens is 3. The molecule has 3 N–H and O–H groups in total. The van der Waals surface area contributed by atoms with Crippen LogP contribution in [0.5, 0.6) is 0 Å². The van der Waals surface area contributed by atoms with Gasteiger partial charge >= 0.3 is 53.3 Å². The average molecular weight is 1320 g/mol. The van der Waals surface area contributed by atoms with Gasteiger partial charge in [0.2, 0.25) is 0 Å². The fourth-order valence-corrected chi connectivity index (χ4v) is 11.0. The highest BCUT2D eigenvalue weighted by Gasteiger charge is 2.35. The molecule has 3 fully saturated rings. The highest BCUT2D eigenvalue weighted by Crippen LogP contribution is 2.29. The number of carbonyl (C=O) groups is 6. The van der Waals surface area contributed by atoms with Crippen molar-refractivity contribution in [2.45, 2.75) is 274 Å². The van der Waals surface area contributed by atoms with E-state index in [1.54, 1.807) is 0 Å². The van der Waals surface area contributed by atoms with Crippen molar-refractivity contribution in [2.75, 3.05) is 98.4 Å². The Morgan fingerprint density at radius 2 is 0.591 bits per heavy atom. The lowest BCUT2D eigenvalue weighted by atomic mass is 9.87. The number of hydrogen-bond donors (Lipinski definition) is 3. The lowest BCUT2D eigenvalue weighted by Crippen LogP contribution is -2.54. The summed E-state index contributed by atoms with van der Waals surface area (Å²) >= 11 is 0. The average Bonchev–Trinajstić information content (AvgIpc) is 1.82. The van der Waals surface area contributed by atoms with Crippen LogP contribution in [0.2, 0.25) is 0 Å². The van der Waals surface area contributed by atoms with E-state index in [2.05, 4.69) is 51.4 Å². The molecule has 0 saturated carbocycles. The smallest absolute Gasteiger partial charge is 0.407 e. The molecule has 534 valence electrons. The number of hydrogen-bond acceptors (Lipinski definition) is 18. The topological polar surface area (TPSA) is 269 Å². The number of rotatable bonds is 54. The van der Waals surface area contributed by atoms with E-state index in [9.17, 15) is 43.2 Å². The summed E-state index contributed by atoms with van der Waals surface area (Å²) in [6, 6.07) is 0. The van der Waals surface area contributed by atoms with E-state index >= 15 is 0 Å². The zero-order valence-electron chi connectivity index (χ0n) is 58.9. The molecular weight excluding hydrogens is 1190 g/mol. The highest BCUT2D eigenvalue weighted by atomic mass is 16.6. The summed E-state index contributed by atoms with van der Waals surface area (Å²) in [5.41, 5.74) is -3.89. The number of alkyl carbamates (subject to hydrolysis) is 3. The maximum absolute atomic E-state index is 14.0. The van der Waals surface area contributed by atoms with E-state index in [1.807, 2.05) is 41.5 Å². The number of ether oxygens (including phenoxy) is 6. The van der Waals surface area contributed by atoms with Crippen molar-refractivity contribution in [1.82, 2.24) is 44.4 Å². The summed E-state index contributed by atoms with van der Waals surface area (Å²) in [7, 11) is 0. The first-order valence-electron chi connectivity index (χ1n) is 36.0. The Morgan fingerprint density at radius 3 is 0.828 bits per heavy atom. The molecule has 4 rings (SSSR count). The third kappa shape index (κ3) is 33.6. The van der Waals surface area contributed by atoms with E-state index < -0.39 is 69.9 Å². The van der Waals surface area contributed by atoms with E-state index in [0.717, 1.165) is 149 Å². The predicted octanol–water partition coefficient (Wildman–Crippen LogP) is 9.70. The molecule has 3 unspecified atom stereocenters. The van der Waals surface area contributed by atoms with Crippen LogP contribution in [0.4, 0.5) is 14.4 Å². The van der Waals surface area contributed by atoms with Crippen LogP contribution >= 0.6 is 0 Å². The molecule has 0 radical (unpaired) electrons. The van der Waals surface area contributed by atoms with Crippen molar-refractivity contribution in [2.24, 2.45) is 16.2 Å². The van der Waals surface area contributed by atoms with Gasteiger partial charge in [-0.05, 0) is 99.3 Å². The van der Waals surface area contributed by atoms with E-state index in [-0.39, 0.29) is 57.4 Å². The second-order valence-corrected chi connectivity index (χ2v) is 28.2. The first-order valence-corrected chi connectivity index (χ1v) is 36.0. The molecule has 1 aromatic heterocycles. The lowest BCUT2D eigenvalue weighted by molar-refractivity contribution is -0.158. The fraction of sp³-hybridized carbons (Fsp3) is 0.870. The lowest BCUT2D eigenvalue weighted by Gasteiger charge is -2.25. The molecule has 0 spiro atoms. The van der Waals surface area contributed by atoms with Crippen molar-refractivity contribution in [3.63, 3.8) is 0 Å². The normalized spacial score (nSPS) is 15.2. The van der Waals surface area contributed by atoms with Crippen LogP contribution in [0.3, 0.4) is 0 Å². The van der Waals surface area contributed by atoms with Crippen LogP contribution < -0.4 is 33.0 Å². The van der Waals surface area contributed by atoms with Crippen LogP contribution in [0.15, 0.2) is 14.4 Å². The minimum absolute atomic E-state index is 0.0203. The highest BCUT2D eigenvalue weighted by molar-refractivity contribution is 5.77. The quantitative estimate of drug-likeness (QED) is 0.0237. The van der Waals surface area contributed by atoms with Crippen molar-refractivity contribution in [3.8, 4) is 0 Å². The molecule has 0 bridgehead atoms. The van der Waals surface area contributed by atoms with Gasteiger partial charge in [-0.2, -0.15) is 0 Å². The van der Waals surface area contributed by atoms with Crippen molar-refractivity contribution in [3.05, 3.63) is 31.5 Å². The molecule has 3 atom stereocenters. The Kier molecular flexibility index (Phi) is 37.4. The monoisotopic (exact) mass is 1320 g/mol. The van der Waals surface area contributed by atoms with E-state index in [0.29, 0.717) is 116 Å². The van der Waals surface area contributed by atoms with Crippen molar-refractivity contribution in [1.29, 1.82) is 0 Å². The fourth-order valence-electron chi connectivity index (χ4n) is 11.0. The number of unbranched alkanes of at least 4 members (excludes halogenated alkanes) is 18. The van der Waals surface area contributed by atoms with Gasteiger partial charge in [-0.3, -0.25) is 29.1 Å². The number of nitrogens with one attached hydrogen (secondary N) is 3. The van der Waals surface area contributed by atoms with Gasteiger partial charge in [0.05, 0.1) is 16.2 Å². The summed E-state index contributed by atoms with van der Waals surface area (Å²) in [6.07, 6.45) is 18.6. The number of esters is 3. The molecule has 4 heterocycles. The summed E-state index contributed by atoms with van der Waals surface area (Å²) < 4.78 is 37.6. The zero-order valence-corrected chi connectivity index (χ0v) is 58.9. The Bertz CT molecular complexity index is 2250. The number of carbonyl (C=O) groups excluding carboxylic acids is 6. The van der Waals surface area contributed by atoms with Crippen molar-refractivity contribution >= 4 is 36.2 Å². The first kappa shape index (κ1) is 79.9. The van der Waals surface area contributed by atoms with Crippen LogP contribution in [-0.4, -0.2) is 181 Å². The second-order valence-electron chi connectivity index (χ2n) is 28.2. The SMILES string of the molecule is CCCCCCC(C)(C)C(=O)OCC(CN1CC1)OC(=O)NCCCCCCn1c(=O)n(CCCCCCNC(=O)OC(COC(=O)C(C)(C)CCCCCC)CN2CC2)c(=O)n(CCCCCCNC(=O)OC(COC(=O)C(C)(C)CCCCCC)CN2CC2)c1=O. The molecule has 93 heavy (non-hydrogen) atoms. The zero-order chi connectivity index (χ0) is 68.1. The van der Waals surface area contributed by atoms with Gasteiger partial charge < -0.3 is 44.4 Å². The molecule has 3 aliphatic heterocycles. The molecule has 0 aromatic carbocycles. The first-order chi connectivity index (χ1) is 44.5. The maximum atomic E-state index is 14.0. The minimum Gasteiger partial charge on any atom is -0.461 e. The Morgan fingerprint density at radius 1 is 0.355 bits per heavy atom.